The summed E-state index contributed by atoms with van der Waals surface area (Å²) < 4.78 is 0. The molecule has 0 atom stereocenters. The molecule has 0 amide bonds. The van der Waals surface area contributed by atoms with Gasteiger partial charge in [-0.1, -0.05) is 6.92 Å². The van der Waals surface area contributed by atoms with Crippen molar-refractivity contribution in [3.63, 3.8) is 0 Å². The van der Waals surface area contributed by atoms with E-state index < -0.39 is 0 Å². The lowest BCUT2D eigenvalue weighted by atomic mass is 9.77. The summed E-state index contributed by atoms with van der Waals surface area (Å²) in [5, 5.41) is 13.2. The monoisotopic (exact) mass is 265 g/mol. The molecule has 1 saturated carbocycles. The summed E-state index contributed by atoms with van der Waals surface area (Å²) in [5.74, 6) is 7.50. The van der Waals surface area contributed by atoms with Crippen molar-refractivity contribution < 1.29 is 5.11 Å². The molecule has 0 radical (unpaired) electrons. The van der Waals surface area contributed by atoms with Gasteiger partial charge in [-0.3, -0.25) is 0 Å². The number of nitrogens with zero attached hydrogens (tertiary/aromatic N) is 2. The van der Waals surface area contributed by atoms with Crippen molar-refractivity contribution in [2.24, 2.45) is 11.8 Å². The van der Waals surface area contributed by atoms with Gasteiger partial charge in [0.05, 0.1) is 12.1 Å². The Labute approximate surface area is 113 Å². The number of hydrogen-bond acceptors (Lipinski definition) is 6. The molecule has 106 valence electrons. The molecule has 1 fully saturated rings. The maximum absolute atomic E-state index is 9.76. The van der Waals surface area contributed by atoms with Crippen LogP contribution in [0.1, 0.15) is 38.2 Å². The number of hydrazine groups is 1. The lowest BCUT2D eigenvalue weighted by Crippen LogP contribution is -2.45. The molecule has 5 N–H and O–H groups in total. The molecular weight excluding hydrogens is 242 g/mol. The molecule has 1 aromatic rings. The van der Waals surface area contributed by atoms with Gasteiger partial charge in [-0.2, -0.15) is 0 Å². The van der Waals surface area contributed by atoms with E-state index in [0.29, 0.717) is 5.82 Å². The van der Waals surface area contributed by atoms with Crippen molar-refractivity contribution in [1.82, 2.24) is 9.97 Å². The van der Waals surface area contributed by atoms with Gasteiger partial charge in [0.1, 0.15) is 18.0 Å². The van der Waals surface area contributed by atoms with E-state index in [-0.39, 0.29) is 12.1 Å². The number of anilines is 2. The van der Waals surface area contributed by atoms with Crippen LogP contribution in [0.25, 0.3) is 0 Å². The van der Waals surface area contributed by atoms with Crippen molar-refractivity contribution in [3.8, 4) is 0 Å². The third-order valence-corrected chi connectivity index (χ3v) is 4.14. The normalized spacial score (nSPS) is 27.1. The summed E-state index contributed by atoms with van der Waals surface area (Å²) in [7, 11) is 0. The molecule has 0 aliphatic heterocycles. The number of rotatable bonds is 4. The van der Waals surface area contributed by atoms with Gasteiger partial charge in [0.2, 0.25) is 0 Å². The minimum atomic E-state index is -0.266. The second-order valence-corrected chi connectivity index (χ2v) is 5.59. The maximum Gasteiger partial charge on any atom is 0.148 e. The molecule has 19 heavy (non-hydrogen) atoms. The second kappa shape index (κ2) is 5.71. The zero-order valence-corrected chi connectivity index (χ0v) is 11.6. The second-order valence-electron chi connectivity index (χ2n) is 5.59. The fourth-order valence-electron chi connectivity index (χ4n) is 2.61. The van der Waals surface area contributed by atoms with E-state index in [2.05, 4.69) is 27.6 Å². The molecule has 1 aliphatic rings. The smallest absolute Gasteiger partial charge is 0.148 e. The zero-order valence-electron chi connectivity index (χ0n) is 11.6. The number of nitrogens with one attached hydrogen (secondary N) is 2. The van der Waals surface area contributed by atoms with Crippen molar-refractivity contribution in [2.75, 3.05) is 17.3 Å². The van der Waals surface area contributed by atoms with Crippen LogP contribution in [0.2, 0.25) is 0 Å². The summed E-state index contributed by atoms with van der Waals surface area (Å²) in [6.07, 6.45) is 5.64. The molecule has 0 aromatic carbocycles. The molecule has 0 unspecified atom stereocenters. The SMILES string of the molecule is Cc1c(NN)ncnc1NC1(CO)CCC(C)CC1. The third kappa shape index (κ3) is 2.96. The highest BCUT2D eigenvalue weighted by Crippen LogP contribution is 2.35. The number of aliphatic hydroxyl groups excluding tert-OH is 1. The Morgan fingerprint density at radius 2 is 2.00 bits per heavy atom. The Bertz CT molecular complexity index is 429. The highest BCUT2D eigenvalue weighted by atomic mass is 16.3. The lowest BCUT2D eigenvalue weighted by molar-refractivity contribution is 0.155. The Kier molecular flexibility index (Phi) is 4.21. The van der Waals surface area contributed by atoms with E-state index in [1.165, 1.54) is 6.33 Å². The highest BCUT2D eigenvalue weighted by Gasteiger charge is 2.34. The first-order valence-corrected chi connectivity index (χ1v) is 6.77. The standard InChI is InChI=1S/C13H23N5O/c1-9-3-5-13(7-19,6-4-9)17-11-10(2)12(18-14)16-8-15-11/h8-9,19H,3-7,14H2,1-2H3,(H2,15,16,17,18). The van der Waals surface area contributed by atoms with Crippen molar-refractivity contribution in [1.29, 1.82) is 0 Å². The number of aromatic nitrogens is 2. The van der Waals surface area contributed by atoms with Crippen LogP contribution < -0.4 is 16.6 Å². The zero-order chi connectivity index (χ0) is 13.9. The summed E-state index contributed by atoms with van der Waals surface area (Å²) in [4.78, 5) is 8.33. The van der Waals surface area contributed by atoms with Crippen LogP contribution in [0, 0.1) is 12.8 Å². The van der Waals surface area contributed by atoms with Gasteiger partial charge in [-0.25, -0.2) is 15.8 Å². The Balaban J connectivity index is 2.19. The van der Waals surface area contributed by atoms with Crippen molar-refractivity contribution >= 4 is 11.6 Å². The van der Waals surface area contributed by atoms with E-state index >= 15 is 0 Å². The fourth-order valence-corrected chi connectivity index (χ4v) is 2.61. The fraction of sp³-hybridized carbons (Fsp3) is 0.692. The third-order valence-electron chi connectivity index (χ3n) is 4.14. The largest absolute Gasteiger partial charge is 0.394 e. The number of nitrogen functional groups attached to an aromatic ring is 1. The average molecular weight is 265 g/mol. The first kappa shape index (κ1) is 14.0. The van der Waals surface area contributed by atoms with Crippen LogP contribution >= 0.6 is 0 Å². The Hall–Kier alpha value is -1.40. The van der Waals surface area contributed by atoms with Gasteiger partial charge in [0, 0.05) is 5.56 Å². The summed E-state index contributed by atoms with van der Waals surface area (Å²) in [5.41, 5.74) is 3.16. The van der Waals surface area contributed by atoms with Crippen LogP contribution in [0.4, 0.5) is 11.6 Å². The van der Waals surface area contributed by atoms with Crippen LogP contribution in [0.5, 0.6) is 0 Å². The van der Waals surface area contributed by atoms with Gasteiger partial charge in [0.25, 0.3) is 0 Å². The van der Waals surface area contributed by atoms with E-state index in [9.17, 15) is 5.11 Å². The van der Waals surface area contributed by atoms with E-state index in [0.717, 1.165) is 43.0 Å². The minimum absolute atomic E-state index is 0.120. The van der Waals surface area contributed by atoms with Gasteiger partial charge < -0.3 is 15.8 Å². The van der Waals surface area contributed by atoms with Crippen LogP contribution in [-0.4, -0.2) is 27.2 Å². The first-order valence-electron chi connectivity index (χ1n) is 6.77. The summed E-state index contributed by atoms with van der Waals surface area (Å²) in [6, 6.07) is 0. The van der Waals surface area contributed by atoms with Crippen LogP contribution in [-0.2, 0) is 0 Å². The highest BCUT2D eigenvalue weighted by molar-refractivity contribution is 5.57. The molecule has 1 aliphatic carbocycles. The molecule has 0 bridgehead atoms. The maximum atomic E-state index is 9.76. The molecular formula is C13H23N5O. The van der Waals surface area contributed by atoms with Crippen LogP contribution in [0.15, 0.2) is 6.33 Å². The minimum Gasteiger partial charge on any atom is -0.394 e. The van der Waals surface area contributed by atoms with E-state index in [1.54, 1.807) is 0 Å². The van der Waals surface area contributed by atoms with Crippen LogP contribution in [0.3, 0.4) is 0 Å². The molecule has 2 rings (SSSR count). The molecule has 6 heteroatoms. The topological polar surface area (TPSA) is 96.1 Å². The molecule has 6 nitrogen and oxygen atoms in total. The van der Waals surface area contributed by atoms with Gasteiger partial charge in [0.15, 0.2) is 0 Å². The quantitative estimate of drug-likeness (QED) is 0.486. The summed E-state index contributed by atoms with van der Waals surface area (Å²) in [6.45, 7) is 4.29. The Morgan fingerprint density at radius 1 is 1.37 bits per heavy atom. The van der Waals surface area contributed by atoms with Gasteiger partial charge >= 0.3 is 0 Å². The number of aliphatic hydroxyl groups is 1. The molecule has 1 aromatic heterocycles. The van der Waals surface area contributed by atoms with E-state index in [1.807, 2.05) is 6.92 Å². The first-order chi connectivity index (χ1) is 9.10. The van der Waals surface area contributed by atoms with Crippen molar-refractivity contribution in [3.05, 3.63) is 11.9 Å². The molecule has 0 saturated heterocycles. The van der Waals surface area contributed by atoms with E-state index in [4.69, 9.17) is 5.84 Å². The van der Waals surface area contributed by atoms with Gasteiger partial charge in [-0.05, 0) is 38.5 Å². The predicted octanol–water partition coefficient (Wildman–Crippen LogP) is 1.42. The lowest BCUT2D eigenvalue weighted by Gasteiger charge is -2.39. The molecule has 1 heterocycles. The summed E-state index contributed by atoms with van der Waals surface area (Å²) >= 11 is 0. The predicted molar refractivity (Wildman–Crippen MR) is 75.7 cm³/mol. The van der Waals surface area contributed by atoms with Gasteiger partial charge in [-0.15, -0.1) is 0 Å². The molecule has 0 spiro atoms. The Morgan fingerprint density at radius 3 is 2.58 bits per heavy atom. The average Bonchev–Trinajstić information content (AvgIpc) is 2.44. The van der Waals surface area contributed by atoms with Crippen molar-refractivity contribution in [2.45, 2.75) is 45.1 Å². The number of nitrogens with two attached hydrogens (primary N) is 1. The number of hydrogen-bond donors (Lipinski definition) is 4.